The normalized spacial score (nSPS) is 10.9. The first-order valence-corrected chi connectivity index (χ1v) is 6.16. The van der Waals surface area contributed by atoms with Crippen LogP contribution in [0.15, 0.2) is 47.5 Å². The zero-order valence-corrected chi connectivity index (χ0v) is 11.1. The van der Waals surface area contributed by atoms with Crippen LogP contribution in [0.4, 0.5) is 11.4 Å². The van der Waals surface area contributed by atoms with Gasteiger partial charge in [0.25, 0.3) is 5.69 Å². The van der Waals surface area contributed by atoms with Crippen molar-refractivity contribution in [3.05, 3.63) is 68.7 Å². The Morgan fingerprint density at radius 2 is 2.10 bits per heavy atom. The molecule has 6 heteroatoms. The number of rotatable bonds is 4. The summed E-state index contributed by atoms with van der Waals surface area (Å²) in [5.74, 6) is 0. The van der Waals surface area contributed by atoms with E-state index in [0.29, 0.717) is 16.3 Å². The molecule has 0 aliphatic heterocycles. The monoisotopic (exact) mass is 290 g/mol. The molecule has 0 amide bonds. The fraction of sp³-hybridized carbons (Fsp3) is 0.0714. The molecule has 0 aromatic heterocycles. The van der Waals surface area contributed by atoms with Gasteiger partial charge in [0.1, 0.15) is 0 Å². The molecular formula is C14H11ClN2O3. The Balaban J connectivity index is 2.30. The SMILES string of the molecule is O=[N+]([O-])c1ccc(Cl)c(C=Nc2cccc(CO)c2)c1. The van der Waals surface area contributed by atoms with E-state index in [4.69, 9.17) is 16.7 Å². The minimum atomic E-state index is -0.486. The Labute approximate surface area is 120 Å². The van der Waals surface area contributed by atoms with E-state index in [0.717, 1.165) is 5.56 Å². The summed E-state index contributed by atoms with van der Waals surface area (Å²) in [5, 5.41) is 20.1. The van der Waals surface area contributed by atoms with Gasteiger partial charge in [-0.15, -0.1) is 0 Å². The summed E-state index contributed by atoms with van der Waals surface area (Å²) in [6, 6.07) is 11.2. The molecule has 5 nitrogen and oxygen atoms in total. The second-order valence-electron chi connectivity index (χ2n) is 4.05. The molecule has 0 saturated heterocycles. The molecule has 0 fully saturated rings. The summed E-state index contributed by atoms with van der Waals surface area (Å²) in [4.78, 5) is 14.4. The quantitative estimate of drug-likeness (QED) is 0.532. The van der Waals surface area contributed by atoms with Gasteiger partial charge in [0.2, 0.25) is 0 Å². The predicted molar refractivity (Wildman–Crippen MR) is 77.7 cm³/mol. The third kappa shape index (κ3) is 3.40. The van der Waals surface area contributed by atoms with Gasteiger partial charge < -0.3 is 5.11 Å². The lowest BCUT2D eigenvalue weighted by molar-refractivity contribution is -0.384. The van der Waals surface area contributed by atoms with Crippen molar-refractivity contribution in [2.24, 2.45) is 4.99 Å². The summed E-state index contributed by atoms with van der Waals surface area (Å²) < 4.78 is 0. The Morgan fingerprint density at radius 1 is 1.30 bits per heavy atom. The molecule has 2 rings (SSSR count). The van der Waals surface area contributed by atoms with Crippen LogP contribution in [-0.4, -0.2) is 16.2 Å². The van der Waals surface area contributed by atoms with E-state index >= 15 is 0 Å². The van der Waals surface area contributed by atoms with Crippen molar-refractivity contribution in [2.75, 3.05) is 0 Å². The Hall–Kier alpha value is -2.24. The smallest absolute Gasteiger partial charge is 0.270 e. The molecule has 0 saturated carbocycles. The first kappa shape index (κ1) is 14.2. The van der Waals surface area contributed by atoms with Gasteiger partial charge in [0, 0.05) is 28.9 Å². The maximum Gasteiger partial charge on any atom is 0.270 e. The number of non-ortho nitro benzene ring substituents is 1. The van der Waals surface area contributed by atoms with E-state index in [1.165, 1.54) is 24.4 Å². The number of benzene rings is 2. The highest BCUT2D eigenvalue weighted by molar-refractivity contribution is 6.33. The van der Waals surface area contributed by atoms with E-state index in [2.05, 4.69) is 4.99 Å². The number of aliphatic hydroxyl groups excluding tert-OH is 1. The standard InChI is InChI=1S/C14H11ClN2O3/c15-14-5-4-13(17(19)20)7-11(14)8-16-12-3-1-2-10(6-12)9-18/h1-8,18H,9H2. The molecule has 102 valence electrons. The van der Waals surface area contributed by atoms with Crippen LogP contribution >= 0.6 is 11.6 Å². The molecule has 0 bridgehead atoms. The second-order valence-corrected chi connectivity index (χ2v) is 4.46. The molecule has 0 spiro atoms. The highest BCUT2D eigenvalue weighted by Gasteiger charge is 2.08. The van der Waals surface area contributed by atoms with Crippen LogP contribution in [0.5, 0.6) is 0 Å². The predicted octanol–water partition coefficient (Wildman–Crippen LogP) is 3.49. The van der Waals surface area contributed by atoms with Gasteiger partial charge in [0.15, 0.2) is 0 Å². The van der Waals surface area contributed by atoms with Gasteiger partial charge in [-0.25, -0.2) is 0 Å². The van der Waals surface area contributed by atoms with Crippen LogP contribution in [0.2, 0.25) is 5.02 Å². The average Bonchev–Trinajstić information content (AvgIpc) is 2.46. The summed E-state index contributed by atoms with van der Waals surface area (Å²) >= 11 is 5.97. The van der Waals surface area contributed by atoms with E-state index < -0.39 is 4.92 Å². The third-order valence-electron chi connectivity index (χ3n) is 2.64. The van der Waals surface area contributed by atoms with Gasteiger partial charge >= 0.3 is 0 Å². The lowest BCUT2D eigenvalue weighted by atomic mass is 10.2. The molecule has 20 heavy (non-hydrogen) atoms. The van der Waals surface area contributed by atoms with Crippen LogP contribution in [0.25, 0.3) is 0 Å². The number of nitrogens with zero attached hydrogens (tertiary/aromatic N) is 2. The van der Waals surface area contributed by atoms with Gasteiger partial charge in [0.05, 0.1) is 17.2 Å². The van der Waals surface area contributed by atoms with Crippen LogP contribution in [0.3, 0.4) is 0 Å². The Bertz CT molecular complexity index is 671. The molecule has 0 heterocycles. The second kappa shape index (κ2) is 6.27. The van der Waals surface area contributed by atoms with E-state index in [-0.39, 0.29) is 12.3 Å². The van der Waals surface area contributed by atoms with Gasteiger partial charge in [-0.1, -0.05) is 23.7 Å². The minimum absolute atomic E-state index is 0.0417. The number of nitro benzene ring substituents is 1. The van der Waals surface area contributed by atoms with Gasteiger partial charge in [-0.2, -0.15) is 0 Å². The fourth-order valence-electron chi connectivity index (χ4n) is 1.62. The van der Waals surface area contributed by atoms with Crippen molar-refractivity contribution in [1.29, 1.82) is 0 Å². The first-order chi connectivity index (χ1) is 9.60. The van der Waals surface area contributed by atoms with E-state index in [1.54, 1.807) is 24.3 Å². The summed E-state index contributed by atoms with van der Waals surface area (Å²) in [6.45, 7) is -0.0685. The molecule has 2 aromatic carbocycles. The lowest BCUT2D eigenvalue weighted by Gasteiger charge is -2.00. The molecule has 0 unspecified atom stereocenters. The molecule has 0 aliphatic carbocycles. The van der Waals surface area contributed by atoms with Crippen molar-refractivity contribution in [2.45, 2.75) is 6.61 Å². The topological polar surface area (TPSA) is 75.7 Å². The summed E-state index contributed by atoms with van der Waals surface area (Å²) in [6.07, 6.45) is 1.46. The molecule has 0 radical (unpaired) electrons. The zero-order valence-electron chi connectivity index (χ0n) is 10.4. The summed E-state index contributed by atoms with van der Waals surface area (Å²) in [7, 11) is 0. The number of nitro groups is 1. The molecule has 0 aliphatic rings. The number of aliphatic imine (C=N–C) groups is 1. The zero-order chi connectivity index (χ0) is 14.5. The van der Waals surface area contributed by atoms with Crippen molar-refractivity contribution in [1.82, 2.24) is 0 Å². The lowest BCUT2D eigenvalue weighted by Crippen LogP contribution is -1.91. The molecule has 0 atom stereocenters. The van der Waals surface area contributed by atoms with Crippen molar-refractivity contribution < 1.29 is 10.0 Å². The minimum Gasteiger partial charge on any atom is -0.392 e. The van der Waals surface area contributed by atoms with Crippen LogP contribution < -0.4 is 0 Å². The number of hydrogen-bond acceptors (Lipinski definition) is 4. The van der Waals surface area contributed by atoms with Gasteiger partial charge in [-0.3, -0.25) is 15.1 Å². The van der Waals surface area contributed by atoms with E-state index in [1.807, 2.05) is 0 Å². The maximum atomic E-state index is 10.7. The van der Waals surface area contributed by atoms with Crippen LogP contribution in [0.1, 0.15) is 11.1 Å². The first-order valence-electron chi connectivity index (χ1n) is 5.78. The molecular weight excluding hydrogens is 280 g/mol. The largest absolute Gasteiger partial charge is 0.392 e. The number of aliphatic hydroxyl groups is 1. The van der Waals surface area contributed by atoms with Crippen molar-refractivity contribution >= 4 is 29.2 Å². The molecule has 2 aromatic rings. The average molecular weight is 291 g/mol. The van der Waals surface area contributed by atoms with E-state index in [9.17, 15) is 10.1 Å². The fourth-order valence-corrected chi connectivity index (χ4v) is 1.79. The molecule has 1 N–H and O–H groups in total. The van der Waals surface area contributed by atoms with Crippen LogP contribution in [0, 0.1) is 10.1 Å². The number of halogens is 1. The Morgan fingerprint density at radius 3 is 2.80 bits per heavy atom. The third-order valence-corrected chi connectivity index (χ3v) is 2.98. The highest BCUT2D eigenvalue weighted by atomic mass is 35.5. The Kier molecular flexibility index (Phi) is 4.45. The summed E-state index contributed by atoms with van der Waals surface area (Å²) in [5.41, 5.74) is 1.80. The van der Waals surface area contributed by atoms with Crippen molar-refractivity contribution in [3.63, 3.8) is 0 Å². The van der Waals surface area contributed by atoms with Crippen molar-refractivity contribution in [3.8, 4) is 0 Å². The maximum absolute atomic E-state index is 10.7. The highest BCUT2D eigenvalue weighted by Crippen LogP contribution is 2.22. The number of hydrogen-bond donors (Lipinski definition) is 1. The van der Waals surface area contributed by atoms with Gasteiger partial charge in [-0.05, 0) is 23.8 Å². The van der Waals surface area contributed by atoms with Crippen LogP contribution in [-0.2, 0) is 6.61 Å².